The molecule has 1 aromatic rings. The molecule has 90 valence electrons. The zero-order valence-corrected chi connectivity index (χ0v) is 10.9. The first-order valence-electron chi connectivity index (χ1n) is 5.10. The van der Waals surface area contributed by atoms with E-state index in [1.54, 1.807) is 6.92 Å². The van der Waals surface area contributed by atoms with Crippen LogP contribution in [0.5, 0.6) is 0 Å². The van der Waals surface area contributed by atoms with E-state index in [9.17, 15) is 8.42 Å². The summed E-state index contributed by atoms with van der Waals surface area (Å²) in [6, 6.07) is 9.48. The van der Waals surface area contributed by atoms with Crippen molar-refractivity contribution < 1.29 is 8.42 Å². The van der Waals surface area contributed by atoms with Crippen LogP contribution < -0.4 is 5.32 Å². The fourth-order valence-electron chi connectivity index (χ4n) is 1.25. The van der Waals surface area contributed by atoms with Crippen molar-refractivity contribution in [2.45, 2.75) is 23.8 Å². The number of hydrogen-bond donors (Lipinski definition) is 1. The molecule has 0 heterocycles. The molecule has 0 saturated heterocycles. The van der Waals surface area contributed by atoms with Gasteiger partial charge in [-0.2, -0.15) is 0 Å². The predicted molar refractivity (Wildman–Crippen MR) is 68.6 cm³/mol. The number of benzene rings is 1. The number of nitrogens with one attached hydrogen (secondary N) is 1. The maximum absolute atomic E-state index is 11.7. The Kier molecular flexibility index (Phi) is 4.62. The Morgan fingerprint density at radius 1 is 1.25 bits per heavy atom. The SMILES string of the molecule is CC(Cl)S(=O)(=O)C(C)CNc1ccccc1. The minimum Gasteiger partial charge on any atom is -0.384 e. The summed E-state index contributed by atoms with van der Waals surface area (Å²) in [6.07, 6.45) is 0. The van der Waals surface area contributed by atoms with Crippen molar-refractivity contribution in [2.75, 3.05) is 11.9 Å². The van der Waals surface area contributed by atoms with Crippen molar-refractivity contribution >= 4 is 27.1 Å². The van der Waals surface area contributed by atoms with Crippen LogP contribution in [0.2, 0.25) is 0 Å². The normalized spacial score (nSPS) is 15.4. The van der Waals surface area contributed by atoms with Gasteiger partial charge in [-0.3, -0.25) is 0 Å². The second kappa shape index (κ2) is 5.55. The quantitative estimate of drug-likeness (QED) is 0.829. The van der Waals surface area contributed by atoms with Crippen molar-refractivity contribution in [1.29, 1.82) is 0 Å². The summed E-state index contributed by atoms with van der Waals surface area (Å²) < 4.78 is 22.5. The number of hydrogen-bond acceptors (Lipinski definition) is 3. The summed E-state index contributed by atoms with van der Waals surface area (Å²) in [7, 11) is -3.24. The molecule has 0 aliphatic carbocycles. The van der Waals surface area contributed by atoms with Gasteiger partial charge >= 0.3 is 0 Å². The number of anilines is 1. The van der Waals surface area contributed by atoms with Gasteiger partial charge in [-0.1, -0.05) is 18.2 Å². The number of alkyl halides is 1. The maximum Gasteiger partial charge on any atom is 0.171 e. The number of rotatable bonds is 5. The Hall–Kier alpha value is -0.740. The van der Waals surface area contributed by atoms with Crippen LogP contribution >= 0.6 is 11.6 Å². The molecule has 0 fully saturated rings. The second-order valence-electron chi connectivity index (χ2n) is 3.69. The summed E-state index contributed by atoms with van der Waals surface area (Å²) in [5.74, 6) is 0. The molecule has 3 nitrogen and oxygen atoms in total. The molecule has 2 atom stereocenters. The summed E-state index contributed by atoms with van der Waals surface area (Å²) in [5, 5.41) is 2.57. The van der Waals surface area contributed by atoms with Gasteiger partial charge in [0.25, 0.3) is 0 Å². The molecule has 2 unspecified atom stereocenters. The molecule has 0 saturated carbocycles. The molecular weight excluding hydrogens is 246 g/mol. The van der Waals surface area contributed by atoms with Crippen molar-refractivity contribution in [3.8, 4) is 0 Å². The highest BCUT2D eigenvalue weighted by atomic mass is 35.5. The van der Waals surface area contributed by atoms with Crippen molar-refractivity contribution in [3.63, 3.8) is 0 Å². The van der Waals surface area contributed by atoms with Crippen molar-refractivity contribution in [1.82, 2.24) is 0 Å². The summed E-state index contributed by atoms with van der Waals surface area (Å²) >= 11 is 5.63. The largest absolute Gasteiger partial charge is 0.384 e. The molecule has 0 aromatic heterocycles. The van der Waals surface area contributed by atoms with Gasteiger partial charge < -0.3 is 5.32 Å². The zero-order chi connectivity index (χ0) is 12.2. The third kappa shape index (κ3) is 3.39. The molecule has 5 heteroatoms. The van der Waals surface area contributed by atoms with Crippen molar-refractivity contribution in [3.05, 3.63) is 30.3 Å². The molecule has 1 N–H and O–H groups in total. The van der Waals surface area contributed by atoms with Crippen LogP contribution in [-0.4, -0.2) is 24.9 Å². The number of sulfone groups is 1. The smallest absolute Gasteiger partial charge is 0.171 e. The highest BCUT2D eigenvalue weighted by Crippen LogP contribution is 2.14. The fourth-order valence-corrected chi connectivity index (χ4v) is 2.74. The highest BCUT2D eigenvalue weighted by Gasteiger charge is 2.25. The van der Waals surface area contributed by atoms with E-state index >= 15 is 0 Å². The van der Waals surface area contributed by atoms with Gasteiger partial charge in [0.2, 0.25) is 0 Å². The standard InChI is InChI=1S/C11H16ClNO2S/c1-9(16(14,15)10(2)12)8-13-11-6-4-3-5-7-11/h3-7,9-10,13H,8H2,1-2H3. The van der Waals surface area contributed by atoms with Gasteiger partial charge in [0, 0.05) is 12.2 Å². The van der Waals surface area contributed by atoms with E-state index in [-0.39, 0.29) is 0 Å². The van der Waals surface area contributed by atoms with E-state index in [4.69, 9.17) is 11.6 Å². The fraction of sp³-hybridized carbons (Fsp3) is 0.455. The summed E-state index contributed by atoms with van der Waals surface area (Å²) in [4.78, 5) is 0. The topological polar surface area (TPSA) is 46.2 Å². The molecular formula is C11H16ClNO2S. The van der Waals surface area contributed by atoms with Gasteiger partial charge in [0.15, 0.2) is 9.84 Å². The average Bonchev–Trinajstić information content (AvgIpc) is 2.27. The van der Waals surface area contributed by atoms with Crippen LogP contribution in [0.15, 0.2) is 30.3 Å². The minimum absolute atomic E-state index is 0.364. The van der Waals surface area contributed by atoms with E-state index in [1.165, 1.54) is 6.92 Å². The Bertz CT molecular complexity index is 417. The lowest BCUT2D eigenvalue weighted by molar-refractivity contribution is 0.583. The van der Waals surface area contributed by atoms with E-state index in [0.29, 0.717) is 6.54 Å². The van der Waals surface area contributed by atoms with Crippen LogP contribution in [0.4, 0.5) is 5.69 Å². The number of para-hydroxylation sites is 1. The van der Waals surface area contributed by atoms with Gasteiger partial charge in [-0.25, -0.2) is 8.42 Å². The monoisotopic (exact) mass is 261 g/mol. The third-order valence-electron chi connectivity index (χ3n) is 2.38. The summed E-state index contributed by atoms with van der Waals surface area (Å²) in [5.41, 5.74) is 0.909. The predicted octanol–water partition coefficient (Wildman–Crippen LogP) is 2.49. The van der Waals surface area contributed by atoms with Crippen LogP contribution in [-0.2, 0) is 9.84 Å². The highest BCUT2D eigenvalue weighted by molar-refractivity contribution is 7.93. The Balaban J connectivity index is 2.57. The first kappa shape index (κ1) is 13.3. The van der Waals surface area contributed by atoms with E-state index in [1.807, 2.05) is 30.3 Å². The molecule has 1 aromatic carbocycles. The zero-order valence-electron chi connectivity index (χ0n) is 9.35. The molecule has 0 aliphatic heterocycles. The first-order chi connectivity index (χ1) is 7.44. The minimum atomic E-state index is -3.24. The molecule has 0 amide bonds. The lowest BCUT2D eigenvalue weighted by Crippen LogP contribution is -2.30. The van der Waals surface area contributed by atoms with Crippen molar-refractivity contribution in [2.24, 2.45) is 0 Å². The molecule has 0 spiro atoms. The van der Waals surface area contributed by atoms with Crippen LogP contribution in [0.3, 0.4) is 0 Å². The number of halogens is 1. The first-order valence-corrected chi connectivity index (χ1v) is 7.15. The van der Waals surface area contributed by atoms with E-state index in [2.05, 4.69) is 5.32 Å². The van der Waals surface area contributed by atoms with Crippen LogP contribution in [0, 0.1) is 0 Å². The Morgan fingerprint density at radius 3 is 2.31 bits per heavy atom. The lowest BCUT2D eigenvalue weighted by atomic mass is 10.3. The van der Waals surface area contributed by atoms with Gasteiger partial charge in [0.05, 0.1) is 5.25 Å². The Labute approximate surface area is 102 Å². The van der Waals surface area contributed by atoms with Gasteiger partial charge in [-0.15, -0.1) is 11.6 Å². The molecule has 0 aliphatic rings. The summed E-state index contributed by atoms with van der Waals surface area (Å²) in [6.45, 7) is 3.50. The van der Waals surface area contributed by atoms with Gasteiger partial charge in [0.1, 0.15) is 4.71 Å². The molecule has 0 bridgehead atoms. The van der Waals surface area contributed by atoms with Gasteiger partial charge in [-0.05, 0) is 26.0 Å². The molecule has 1 rings (SSSR count). The molecule has 0 radical (unpaired) electrons. The average molecular weight is 262 g/mol. The van der Waals surface area contributed by atoms with Crippen LogP contribution in [0.1, 0.15) is 13.8 Å². The Morgan fingerprint density at radius 2 is 1.81 bits per heavy atom. The van der Waals surface area contributed by atoms with E-state index < -0.39 is 19.8 Å². The maximum atomic E-state index is 11.7. The van der Waals surface area contributed by atoms with E-state index in [0.717, 1.165) is 5.69 Å². The lowest BCUT2D eigenvalue weighted by Gasteiger charge is -2.15. The second-order valence-corrected chi connectivity index (χ2v) is 7.29. The van der Waals surface area contributed by atoms with Crippen LogP contribution in [0.25, 0.3) is 0 Å². The molecule has 16 heavy (non-hydrogen) atoms. The third-order valence-corrected chi connectivity index (χ3v) is 5.32.